The van der Waals surface area contributed by atoms with Crippen LogP contribution in [0, 0.1) is 0 Å². The lowest BCUT2D eigenvalue weighted by atomic mass is 10.1. The second kappa shape index (κ2) is 6.25. The van der Waals surface area contributed by atoms with E-state index in [-0.39, 0.29) is 17.5 Å². The van der Waals surface area contributed by atoms with Crippen LogP contribution in [0.1, 0.15) is 24.1 Å². The van der Waals surface area contributed by atoms with Crippen LogP contribution in [0.15, 0.2) is 48.5 Å². The van der Waals surface area contributed by atoms with Gasteiger partial charge in [0, 0.05) is 17.7 Å². The fourth-order valence-electron chi connectivity index (χ4n) is 2.09. The molecular weight excluding hydrogens is 238 g/mol. The normalized spacial score (nSPS) is 12.3. The smallest absolute Gasteiger partial charge is 0.124 e. The van der Waals surface area contributed by atoms with Gasteiger partial charge in [0.15, 0.2) is 0 Å². The quantitative estimate of drug-likeness (QED) is 0.771. The van der Waals surface area contributed by atoms with Crippen LogP contribution in [0.2, 0.25) is 0 Å². The van der Waals surface area contributed by atoms with E-state index in [0.29, 0.717) is 0 Å². The van der Waals surface area contributed by atoms with E-state index in [9.17, 15) is 10.2 Å². The highest BCUT2D eigenvalue weighted by Gasteiger charge is 2.09. The molecule has 0 heterocycles. The van der Waals surface area contributed by atoms with Crippen LogP contribution in [-0.4, -0.2) is 16.8 Å². The number of phenolic OH excluding ortho intramolecular Hbond substituents is 2. The van der Waals surface area contributed by atoms with Crippen molar-refractivity contribution in [1.82, 2.24) is 5.32 Å². The lowest BCUT2D eigenvalue weighted by Crippen LogP contribution is -2.21. The molecule has 0 aromatic heterocycles. The Bertz CT molecular complexity index is 526. The molecule has 3 heteroatoms. The topological polar surface area (TPSA) is 52.5 Å². The van der Waals surface area contributed by atoms with Crippen LogP contribution in [0.5, 0.6) is 11.5 Å². The van der Waals surface area contributed by atoms with Gasteiger partial charge < -0.3 is 15.5 Å². The molecule has 0 aliphatic rings. The average molecular weight is 257 g/mol. The molecule has 0 aliphatic carbocycles. The molecule has 0 spiro atoms. The first-order valence-electron chi connectivity index (χ1n) is 6.46. The highest BCUT2D eigenvalue weighted by molar-refractivity contribution is 5.40. The van der Waals surface area contributed by atoms with Crippen molar-refractivity contribution < 1.29 is 10.2 Å². The Hall–Kier alpha value is -2.00. The molecule has 0 radical (unpaired) electrons. The maximum absolute atomic E-state index is 9.78. The van der Waals surface area contributed by atoms with Gasteiger partial charge in [-0.05, 0) is 31.5 Å². The summed E-state index contributed by atoms with van der Waals surface area (Å²) in [5.74, 6) is 0.206. The molecule has 0 amide bonds. The third-order valence-electron chi connectivity index (χ3n) is 3.19. The molecule has 0 bridgehead atoms. The van der Waals surface area contributed by atoms with E-state index in [2.05, 4.69) is 17.4 Å². The number of hydrogen-bond acceptors (Lipinski definition) is 3. The van der Waals surface area contributed by atoms with E-state index in [1.807, 2.05) is 25.1 Å². The van der Waals surface area contributed by atoms with E-state index >= 15 is 0 Å². The minimum atomic E-state index is 0.0457. The molecule has 19 heavy (non-hydrogen) atoms. The van der Waals surface area contributed by atoms with E-state index < -0.39 is 0 Å². The predicted octanol–water partition coefficient (Wildman–Crippen LogP) is 2.99. The Labute approximate surface area is 113 Å². The average Bonchev–Trinajstić information content (AvgIpc) is 2.39. The van der Waals surface area contributed by atoms with Gasteiger partial charge in [-0.3, -0.25) is 0 Å². The molecule has 2 rings (SSSR count). The van der Waals surface area contributed by atoms with E-state index in [4.69, 9.17) is 0 Å². The summed E-state index contributed by atoms with van der Waals surface area (Å²) in [6, 6.07) is 15.0. The number of phenols is 2. The second-order valence-electron chi connectivity index (χ2n) is 4.65. The minimum Gasteiger partial charge on any atom is -0.508 e. The van der Waals surface area contributed by atoms with E-state index in [0.717, 1.165) is 18.5 Å². The molecule has 3 N–H and O–H groups in total. The third-order valence-corrected chi connectivity index (χ3v) is 3.19. The summed E-state index contributed by atoms with van der Waals surface area (Å²) >= 11 is 0. The molecule has 1 unspecified atom stereocenters. The summed E-state index contributed by atoms with van der Waals surface area (Å²) in [5.41, 5.74) is 2.09. The van der Waals surface area contributed by atoms with Gasteiger partial charge in [-0.1, -0.05) is 36.4 Å². The fourth-order valence-corrected chi connectivity index (χ4v) is 2.09. The van der Waals surface area contributed by atoms with Crippen LogP contribution in [0.25, 0.3) is 0 Å². The Kier molecular flexibility index (Phi) is 4.42. The van der Waals surface area contributed by atoms with Crippen LogP contribution in [-0.2, 0) is 6.42 Å². The summed E-state index contributed by atoms with van der Waals surface area (Å²) < 4.78 is 0. The van der Waals surface area contributed by atoms with Crippen molar-refractivity contribution in [3.63, 3.8) is 0 Å². The van der Waals surface area contributed by atoms with Crippen molar-refractivity contribution in [2.75, 3.05) is 6.54 Å². The molecule has 0 aliphatic heterocycles. The summed E-state index contributed by atoms with van der Waals surface area (Å²) in [6.07, 6.45) is 0.948. The molecule has 0 saturated heterocycles. The SMILES string of the molecule is CC(NCCc1ccccc1)c1ccc(O)cc1O. The highest BCUT2D eigenvalue weighted by Crippen LogP contribution is 2.27. The van der Waals surface area contributed by atoms with Gasteiger partial charge in [-0.25, -0.2) is 0 Å². The molecule has 2 aromatic carbocycles. The van der Waals surface area contributed by atoms with Crippen molar-refractivity contribution >= 4 is 0 Å². The van der Waals surface area contributed by atoms with E-state index in [1.54, 1.807) is 12.1 Å². The molecule has 3 nitrogen and oxygen atoms in total. The largest absolute Gasteiger partial charge is 0.508 e. The van der Waals surface area contributed by atoms with Gasteiger partial charge in [-0.2, -0.15) is 0 Å². The monoisotopic (exact) mass is 257 g/mol. The maximum atomic E-state index is 9.78. The zero-order valence-corrected chi connectivity index (χ0v) is 11.0. The van der Waals surface area contributed by atoms with Gasteiger partial charge >= 0.3 is 0 Å². The fraction of sp³-hybridized carbons (Fsp3) is 0.250. The maximum Gasteiger partial charge on any atom is 0.124 e. The zero-order chi connectivity index (χ0) is 13.7. The number of aromatic hydroxyl groups is 2. The zero-order valence-electron chi connectivity index (χ0n) is 11.0. The Morgan fingerprint density at radius 2 is 1.79 bits per heavy atom. The molecular formula is C16H19NO2. The van der Waals surface area contributed by atoms with Gasteiger partial charge in [0.1, 0.15) is 11.5 Å². The van der Waals surface area contributed by atoms with Gasteiger partial charge in [0.05, 0.1) is 0 Å². The molecule has 0 saturated carbocycles. The number of rotatable bonds is 5. The van der Waals surface area contributed by atoms with Crippen LogP contribution in [0.4, 0.5) is 0 Å². The highest BCUT2D eigenvalue weighted by atomic mass is 16.3. The minimum absolute atomic E-state index is 0.0457. The molecule has 100 valence electrons. The van der Waals surface area contributed by atoms with E-state index in [1.165, 1.54) is 11.6 Å². The number of hydrogen-bond donors (Lipinski definition) is 3. The first-order chi connectivity index (χ1) is 9.16. The molecule has 0 fully saturated rings. The predicted molar refractivity (Wildman–Crippen MR) is 76.3 cm³/mol. The summed E-state index contributed by atoms with van der Waals surface area (Å²) in [6.45, 7) is 2.84. The van der Waals surface area contributed by atoms with Crippen molar-refractivity contribution in [3.05, 3.63) is 59.7 Å². The van der Waals surface area contributed by atoms with Gasteiger partial charge in [0.2, 0.25) is 0 Å². The van der Waals surface area contributed by atoms with Crippen LogP contribution in [0.3, 0.4) is 0 Å². The van der Waals surface area contributed by atoms with Crippen LogP contribution < -0.4 is 5.32 Å². The number of benzene rings is 2. The van der Waals surface area contributed by atoms with Crippen molar-refractivity contribution in [2.45, 2.75) is 19.4 Å². The standard InChI is InChI=1S/C16H19NO2/c1-12(15-8-7-14(18)11-16(15)19)17-10-9-13-5-3-2-4-6-13/h2-8,11-12,17-19H,9-10H2,1H3. The third kappa shape index (κ3) is 3.73. The van der Waals surface area contributed by atoms with Crippen molar-refractivity contribution in [1.29, 1.82) is 0 Å². The Balaban J connectivity index is 1.89. The van der Waals surface area contributed by atoms with Gasteiger partial charge in [0.25, 0.3) is 0 Å². The summed E-state index contributed by atoms with van der Waals surface area (Å²) in [7, 11) is 0. The first kappa shape index (κ1) is 13.4. The van der Waals surface area contributed by atoms with Crippen molar-refractivity contribution in [3.8, 4) is 11.5 Å². The Morgan fingerprint density at radius 3 is 2.47 bits per heavy atom. The molecule has 1 atom stereocenters. The lowest BCUT2D eigenvalue weighted by molar-refractivity contribution is 0.436. The number of nitrogens with one attached hydrogen (secondary N) is 1. The molecule has 2 aromatic rings. The summed E-state index contributed by atoms with van der Waals surface area (Å²) in [4.78, 5) is 0. The second-order valence-corrected chi connectivity index (χ2v) is 4.65. The summed E-state index contributed by atoms with van der Waals surface area (Å²) in [5, 5.41) is 22.4. The Morgan fingerprint density at radius 1 is 1.05 bits per heavy atom. The van der Waals surface area contributed by atoms with Crippen LogP contribution >= 0.6 is 0 Å². The first-order valence-corrected chi connectivity index (χ1v) is 6.46. The van der Waals surface area contributed by atoms with Gasteiger partial charge in [-0.15, -0.1) is 0 Å². The van der Waals surface area contributed by atoms with Crippen molar-refractivity contribution in [2.24, 2.45) is 0 Å². The lowest BCUT2D eigenvalue weighted by Gasteiger charge is -2.15.